The van der Waals surface area contributed by atoms with Gasteiger partial charge < -0.3 is 4.55 Å². The number of rotatable bonds is 16. The molecule has 0 aromatic heterocycles. The summed E-state index contributed by atoms with van der Waals surface area (Å²) in [5.74, 6) is 0. The molecule has 128 valence electrons. The Hall–Kier alpha value is 1.29. The van der Waals surface area contributed by atoms with Gasteiger partial charge in [-0.05, 0) is 17.6 Å². The second-order valence-corrected chi connectivity index (χ2v) is 8.10. The van der Waals surface area contributed by atoms with Gasteiger partial charge in [-0.3, -0.25) is 4.18 Å². The van der Waals surface area contributed by atoms with Crippen molar-refractivity contribution in [3.63, 3.8) is 0 Å². The molecule has 0 aliphatic rings. The van der Waals surface area contributed by atoms with E-state index in [0.717, 1.165) is 19.3 Å². The van der Waals surface area contributed by atoms with Crippen molar-refractivity contribution in [2.24, 2.45) is 0 Å². The van der Waals surface area contributed by atoms with Crippen molar-refractivity contribution < 1.29 is 42.5 Å². The fourth-order valence-corrected chi connectivity index (χ4v) is 2.98. The molecule has 0 rings (SSSR count). The van der Waals surface area contributed by atoms with Gasteiger partial charge in [0.15, 0.2) is 0 Å². The van der Waals surface area contributed by atoms with Crippen molar-refractivity contribution in [1.29, 1.82) is 0 Å². The molecule has 3 nitrogen and oxygen atoms in total. The Balaban J connectivity index is 0. The number of unbranched alkanes of at least 4 members (excludes halogenated alkanes) is 13. The Bertz CT molecular complexity index is 309. The average molecular weight is 361 g/mol. The van der Waals surface area contributed by atoms with E-state index in [-0.39, 0.29) is 36.2 Å². The van der Waals surface area contributed by atoms with Crippen LogP contribution in [0, 0.1) is 0 Å². The molecule has 22 heavy (non-hydrogen) atoms. The van der Waals surface area contributed by atoms with Gasteiger partial charge in [0.2, 0.25) is 0 Å². The van der Waals surface area contributed by atoms with Gasteiger partial charge in [0, 0.05) is 0 Å². The van der Waals surface area contributed by atoms with Crippen LogP contribution < -0.4 is 29.6 Å². The van der Waals surface area contributed by atoms with Crippen molar-refractivity contribution in [2.45, 2.75) is 96.8 Å². The molecule has 0 radical (unpaired) electrons. The Morgan fingerprint density at radius 2 is 1.09 bits per heavy atom. The van der Waals surface area contributed by atoms with Crippen LogP contribution in [0.5, 0.6) is 0 Å². The maximum atomic E-state index is 10.6. The molecular formula is C16H33NaO3S2. The van der Waals surface area contributed by atoms with E-state index in [4.69, 9.17) is 0 Å². The van der Waals surface area contributed by atoms with E-state index in [1.54, 1.807) is 0 Å². The van der Waals surface area contributed by atoms with E-state index < -0.39 is 9.05 Å². The predicted octanol–water partition coefficient (Wildman–Crippen LogP) is 2.28. The molecule has 0 aromatic carbocycles. The number of hydrogen-bond acceptors (Lipinski definition) is 4. The maximum Gasteiger partial charge on any atom is 1.00 e. The third kappa shape index (κ3) is 23.6. The zero-order valence-corrected chi connectivity index (χ0v) is 18.3. The summed E-state index contributed by atoms with van der Waals surface area (Å²) in [6.45, 7) is 2.50. The topological polar surface area (TPSA) is 49.4 Å². The molecule has 0 aliphatic heterocycles. The molecular weight excluding hydrogens is 327 g/mol. The van der Waals surface area contributed by atoms with Crippen LogP contribution in [0.1, 0.15) is 96.8 Å². The van der Waals surface area contributed by atoms with Crippen molar-refractivity contribution in [1.82, 2.24) is 0 Å². The summed E-state index contributed by atoms with van der Waals surface area (Å²) >= 11 is 4.13. The fraction of sp³-hybridized carbons (Fsp3) is 1.00. The summed E-state index contributed by atoms with van der Waals surface area (Å²) in [5.41, 5.74) is 0. The van der Waals surface area contributed by atoms with Gasteiger partial charge >= 0.3 is 29.6 Å². The van der Waals surface area contributed by atoms with Gasteiger partial charge in [-0.1, -0.05) is 90.4 Å². The summed E-state index contributed by atoms with van der Waals surface area (Å²) in [4.78, 5) is 0. The minimum atomic E-state index is -3.66. The van der Waals surface area contributed by atoms with Gasteiger partial charge in [0.25, 0.3) is 0 Å². The molecule has 0 bridgehead atoms. The van der Waals surface area contributed by atoms with Gasteiger partial charge in [0.05, 0.1) is 15.7 Å². The summed E-state index contributed by atoms with van der Waals surface area (Å²) in [6.07, 6.45) is 18.0. The second-order valence-electron chi connectivity index (χ2n) is 5.83. The Labute approximate surface area is 165 Å². The van der Waals surface area contributed by atoms with Crippen LogP contribution in [-0.2, 0) is 24.4 Å². The predicted molar refractivity (Wildman–Crippen MR) is 92.5 cm³/mol. The van der Waals surface area contributed by atoms with Crippen molar-refractivity contribution in [2.75, 3.05) is 6.61 Å². The van der Waals surface area contributed by atoms with Crippen LogP contribution in [0.4, 0.5) is 0 Å². The molecule has 0 spiro atoms. The Morgan fingerprint density at radius 1 is 0.773 bits per heavy atom. The van der Waals surface area contributed by atoms with E-state index in [1.165, 1.54) is 70.6 Å². The van der Waals surface area contributed by atoms with Crippen molar-refractivity contribution in [3.8, 4) is 0 Å². The molecule has 0 aliphatic carbocycles. The molecule has 6 heteroatoms. The SMILES string of the molecule is CCCCCCCCCCCCCCCCOS(=O)([O-])=S.[Na+]. The fourth-order valence-electron chi connectivity index (χ4n) is 2.46. The first kappa shape index (κ1) is 25.5. The molecule has 0 saturated carbocycles. The van der Waals surface area contributed by atoms with Gasteiger partial charge in [-0.15, -0.1) is 0 Å². The molecule has 1 unspecified atom stereocenters. The monoisotopic (exact) mass is 360 g/mol. The van der Waals surface area contributed by atoms with Crippen LogP contribution in [0.3, 0.4) is 0 Å². The standard InChI is InChI=1S/C16H34O3S2.Na/c1-2-3-4-5-6-7-8-9-10-11-12-13-14-15-16-19-21(17,18)20;/h2-16H2,1H3,(H,17,18,20);/q;+1/p-1. The average Bonchev–Trinajstić information content (AvgIpc) is 2.42. The summed E-state index contributed by atoms with van der Waals surface area (Å²) in [7, 11) is -3.66. The van der Waals surface area contributed by atoms with Crippen LogP contribution in [0.15, 0.2) is 0 Å². The van der Waals surface area contributed by atoms with E-state index in [1.807, 2.05) is 0 Å². The minimum Gasteiger partial charge on any atom is -0.748 e. The third-order valence-corrected chi connectivity index (χ3v) is 4.47. The van der Waals surface area contributed by atoms with Crippen LogP contribution in [-0.4, -0.2) is 15.4 Å². The van der Waals surface area contributed by atoms with E-state index in [9.17, 15) is 8.76 Å². The molecule has 0 heterocycles. The summed E-state index contributed by atoms with van der Waals surface area (Å²) in [5, 5.41) is 0. The van der Waals surface area contributed by atoms with Crippen LogP contribution >= 0.6 is 0 Å². The van der Waals surface area contributed by atoms with Gasteiger partial charge in [-0.25, -0.2) is 4.21 Å². The summed E-state index contributed by atoms with van der Waals surface area (Å²) < 4.78 is 25.6. The normalized spacial score (nSPS) is 13.5. The third-order valence-electron chi connectivity index (χ3n) is 3.73. The quantitative estimate of drug-likeness (QED) is 0.313. The molecule has 0 amide bonds. The maximum absolute atomic E-state index is 10.6. The Kier molecular flexibility index (Phi) is 21.6. The van der Waals surface area contributed by atoms with Crippen molar-refractivity contribution in [3.05, 3.63) is 0 Å². The molecule has 0 N–H and O–H groups in total. The van der Waals surface area contributed by atoms with E-state index in [2.05, 4.69) is 22.3 Å². The van der Waals surface area contributed by atoms with Crippen molar-refractivity contribution >= 4 is 20.2 Å². The first-order valence-electron chi connectivity index (χ1n) is 8.66. The van der Waals surface area contributed by atoms with Gasteiger partial charge in [-0.2, -0.15) is 0 Å². The smallest absolute Gasteiger partial charge is 0.748 e. The minimum absolute atomic E-state index is 0. The largest absolute Gasteiger partial charge is 1.00 e. The molecule has 0 fully saturated rings. The second kappa shape index (κ2) is 18.6. The number of hydrogen-bond donors (Lipinski definition) is 0. The van der Waals surface area contributed by atoms with E-state index in [0.29, 0.717) is 0 Å². The zero-order valence-electron chi connectivity index (χ0n) is 14.6. The van der Waals surface area contributed by atoms with Crippen LogP contribution in [0.2, 0.25) is 0 Å². The first-order valence-corrected chi connectivity index (χ1v) is 11.0. The molecule has 1 atom stereocenters. The van der Waals surface area contributed by atoms with Crippen LogP contribution in [0.25, 0.3) is 0 Å². The molecule has 0 aromatic rings. The zero-order chi connectivity index (χ0) is 15.8. The summed E-state index contributed by atoms with van der Waals surface area (Å²) in [6, 6.07) is 0. The first-order chi connectivity index (χ1) is 10.1. The van der Waals surface area contributed by atoms with Gasteiger partial charge in [0.1, 0.15) is 0 Å². The van der Waals surface area contributed by atoms with E-state index >= 15 is 0 Å². The molecule has 0 saturated heterocycles. The Morgan fingerprint density at radius 3 is 1.41 bits per heavy atom.